The molecule has 28 heavy (non-hydrogen) atoms. The molecule has 3 N–H and O–H groups in total. The van der Waals surface area contributed by atoms with E-state index in [0.717, 1.165) is 12.8 Å². The SMILES string of the molecule is O=C(NC(=S)Nc1ccc(C(=O)NC2CCCCC2)cc1)c1cccc(Cl)c1. The predicted molar refractivity (Wildman–Crippen MR) is 116 cm³/mol. The molecule has 1 fully saturated rings. The molecular formula is C21H22ClN3O2S. The number of rotatable bonds is 4. The van der Waals surface area contributed by atoms with Gasteiger partial charge in [0.05, 0.1) is 0 Å². The summed E-state index contributed by atoms with van der Waals surface area (Å²) in [5.74, 6) is -0.404. The molecule has 0 spiro atoms. The predicted octanol–water partition coefficient (Wildman–Crippen LogP) is 4.53. The molecule has 0 aromatic heterocycles. The maximum Gasteiger partial charge on any atom is 0.257 e. The molecule has 2 amide bonds. The summed E-state index contributed by atoms with van der Waals surface area (Å²) in [5.41, 5.74) is 1.71. The maximum atomic E-state index is 12.4. The minimum absolute atomic E-state index is 0.0599. The Morgan fingerprint density at radius 1 is 0.929 bits per heavy atom. The van der Waals surface area contributed by atoms with Crippen molar-refractivity contribution in [3.05, 3.63) is 64.7 Å². The van der Waals surface area contributed by atoms with Crippen molar-refractivity contribution in [3.63, 3.8) is 0 Å². The number of carbonyl (C=O) groups is 2. The molecule has 1 aliphatic rings. The van der Waals surface area contributed by atoms with Gasteiger partial charge in [0.25, 0.3) is 11.8 Å². The third kappa shape index (κ3) is 5.78. The van der Waals surface area contributed by atoms with Crippen molar-refractivity contribution in [1.29, 1.82) is 0 Å². The van der Waals surface area contributed by atoms with Crippen LogP contribution in [0.25, 0.3) is 0 Å². The van der Waals surface area contributed by atoms with E-state index >= 15 is 0 Å². The first-order chi connectivity index (χ1) is 13.5. The van der Waals surface area contributed by atoms with Crippen LogP contribution in [-0.4, -0.2) is 23.0 Å². The smallest absolute Gasteiger partial charge is 0.257 e. The van der Waals surface area contributed by atoms with Crippen molar-refractivity contribution in [3.8, 4) is 0 Å². The summed E-state index contributed by atoms with van der Waals surface area (Å²) in [4.78, 5) is 24.5. The second-order valence-electron chi connectivity index (χ2n) is 6.80. The monoisotopic (exact) mass is 415 g/mol. The molecule has 0 radical (unpaired) electrons. The van der Waals surface area contributed by atoms with Crippen LogP contribution in [-0.2, 0) is 0 Å². The van der Waals surface area contributed by atoms with E-state index in [1.807, 2.05) is 0 Å². The van der Waals surface area contributed by atoms with E-state index < -0.39 is 0 Å². The second kappa shape index (κ2) is 9.66. The number of amides is 2. The van der Waals surface area contributed by atoms with E-state index in [-0.39, 0.29) is 23.0 Å². The molecular weight excluding hydrogens is 394 g/mol. The van der Waals surface area contributed by atoms with Crippen molar-refractivity contribution in [2.24, 2.45) is 0 Å². The fourth-order valence-corrected chi connectivity index (χ4v) is 3.59. The Labute approximate surface area is 174 Å². The molecule has 0 unspecified atom stereocenters. The van der Waals surface area contributed by atoms with E-state index in [0.29, 0.717) is 21.8 Å². The van der Waals surface area contributed by atoms with Crippen LogP contribution < -0.4 is 16.0 Å². The minimum Gasteiger partial charge on any atom is -0.349 e. The highest BCUT2D eigenvalue weighted by Crippen LogP contribution is 2.18. The van der Waals surface area contributed by atoms with E-state index in [4.69, 9.17) is 23.8 Å². The first-order valence-electron chi connectivity index (χ1n) is 9.30. The molecule has 0 saturated heterocycles. The van der Waals surface area contributed by atoms with Crippen molar-refractivity contribution in [2.45, 2.75) is 38.1 Å². The number of hydrogen-bond acceptors (Lipinski definition) is 3. The molecule has 1 saturated carbocycles. The number of anilines is 1. The van der Waals surface area contributed by atoms with Gasteiger partial charge in [0.15, 0.2) is 5.11 Å². The molecule has 0 heterocycles. The molecule has 3 rings (SSSR count). The third-order valence-electron chi connectivity index (χ3n) is 4.66. The summed E-state index contributed by atoms with van der Waals surface area (Å²) < 4.78 is 0. The van der Waals surface area contributed by atoms with Crippen LogP contribution in [0.4, 0.5) is 5.69 Å². The molecule has 0 atom stereocenters. The number of carbonyl (C=O) groups excluding carboxylic acids is 2. The summed E-state index contributed by atoms with van der Waals surface area (Å²) in [6, 6.07) is 13.9. The lowest BCUT2D eigenvalue weighted by atomic mass is 9.95. The van der Waals surface area contributed by atoms with Crippen molar-refractivity contribution >= 4 is 46.4 Å². The van der Waals surface area contributed by atoms with Crippen molar-refractivity contribution < 1.29 is 9.59 Å². The van der Waals surface area contributed by atoms with Crippen LogP contribution in [0.5, 0.6) is 0 Å². The summed E-state index contributed by atoms with van der Waals surface area (Å²) in [7, 11) is 0. The zero-order valence-corrected chi connectivity index (χ0v) is 16.9. The Morgan fingerprint density at radius 3 is 2.32 bits per heavy atom. The molecule has 0 aliphatic heterocycles. The van der Waals surface area contributed by atoms with Gasteiger partial charge >= 0.3 is 0 Å². The summed E-state index contributed by atoms with van der Waals surface area (Å²) >= 11 is 11.1. The van der Waals surface area contributed by atoms with Crippen LogP contribution in [0, 0.1) is 0 Å². The zero-order valence-electron chi connectivity index (χ0n) is 15.3. The molecule has 2 aromatic rings. The average Bonchev–Trinajstić information content (AvgIpc) is 2.69. The Balaban J connectivity index is 1.52. The van der Waals surface area contributed by atoms with Gasteiger partial charge in [-0.05, 0) is 67.5 Å². The lowest BCUT2D eigenvalue weighted by Crippen LogP contribution is -2.36. The summed E-state index contributed by atoms with van der Waals surface area (Å²) in [5, 5.41) is 9.29. The van der Waals surface area contributed by atoms with Crippen LogP contribution in [0.15, 0.2) is 48.5 Å². The Kier molecular flexibility index (Phi) is 7.01. The van der Waals surface area contributed by atoms with Gasteiger partial charge < -0.3 is 10.6 Å². The highest BCUT2D eigenvalue weighted by atomic mass is 35.5. The molecule has 2 aromatic carbocycles. The lowest BCUT2D eigenvalue weighted by molar-refractivity contribution is 0.0926. The number of hydrogen-bond donors (Lipinski definition) is 3. The van der Waals surface area contributed by atoms with Crippen LogP contribution in [0.2, 0.25) is 5.02 Å². The highest BCUT2D eigenvalue weighted by Gasteiger charge is 2.16. The first kappa shape index (κ1) is 20.3. The fourth-order valence-electron chi connectivity index (χ4n) is 3.19. The number of nitrogens with one attached hydrogen (secondary N) is 3. The van der Waals surface area contributed by atoms with Crippen LogP contribution in [0.1, 0.15) is 52.8 Å². The van der Waals surface area contributed by atoms with Gasteiger partial charge in [0.2, 0.25) is 0 Å². The van der Waals surface area contributed by atoms with E-state index in [9.17, 15) is 9.59 Å². The van der Waals surface area contributed by atoms with Gasteiger partial charge in [-0.15, -0.1) is 0 Å². The van der Waals surface area contributed by atoms with Crippen molar-refractivity contribution in [1.82, 2.24) is 10.6 Å². The van der Waals surface area contributed by atoms with Gasteiger partial charge in [0, 0.05) is 27.9 Å². The molecule has 1 aliphatic carbocycles. The Bertz CT molecular complexity index is 864. The lowest BCUT2D eigenvalue weighted by Gasteiger charge is -2.22. The third-order valence-corrected chi connectivity index (χ3v) is 5.10. The average molecular weight is 416 g/mol. The molecule has 7 heteroatoms. The van der Waals surface area contributed by atoms with Gasteiger partial charge in [0.1, 0.15) is 0 Å². The number of halogens is 1. The highest BCUT2D eigenvalue weighted by molar-refractivity contribution is 7.80. The molecule has 5 nitrogen and oxygen atoms in total. The number of benzene rings is 2. The summed E-state index contributed by atoms with van der Waals surface area (Å²) in [6.45, 7) is 0. The van der Waals surface area contributed by atoms with Crippen LogP contribution in [0.3, 0.4) is 0 Å². The van der Waals surface area contributed by atoms with Gasteiger partial charge in [-0.2, -0.15) is 0 Å². The van der Waals surface area contributed by atoms with E-state index in [1.165, 1.54) is 19.3 Å². The second-order valence-corrected chi connectivity index (χ2v) is 7.65. The van der Waals surface area contributed by atoms with E-state index in [1.54, 1.807) is 48.5 Å². The van der Waals surface area contributed by atoms with Gasteiger partial charge in [-0.3, -0.25) is 14.9 Å². The van der Waals surface area contributed by atoms with Gasteiger partial charge in [-0.1, -0.05) is 36.9 Å². The number of thiocarbonyl (C=S) groups is 1. The van der Waals surface area contributed by atoms with Crippen LogP contribution >= 0.6 is 23.8 Å². The quantitative estimate of drug-likeness (QED) is 0.641. The molecule has 0 bridgehead atoms. The first-order valence-corrected chi connectivity index (χ1v) is 10.1. The zero-order chi connectivity index (χ0) is 19.9. The normalized spacial score (nSPS) is 14.2. The Hall–Kier alpha value is -2.44. The minimum atomic E-state index is -0.344. The Morgan fingerprint density at radius 2 is 1.64 bits per heavy atom. The largest absolute Gasteiger partial charge is 0.349 e. The van der Waals surface area contributed by atoms with E-state index in [2.05, 4.69) is 16.0 Å². The topological polar surface area (TPSA) is 70.2 Å². The summed E-state index contributed by atoms with van der Waals surface area (Å²) in [6.07, 6.45) is 5.69. The fraction of sp³-hybridized carbons (Fsp3) is 0.286. The maximum absolute atomic E-state index is 12.4. The van der Waals surface area contributed by atoms with Crippen molar-refractivity contribution in [2.75, 3.05) is 5.32 Å². The van der Waals surface area contributed by atoms with Gasteiger partial charge in [-0.25, -0.2) is 0 Å². The molecule has 146 valence electrons. The standard InChI is InChI=1S/C21H22ClN3O2S/c22-16-6-4-5-15(13-16)20(27)25-21(28)24-18-11-9-14(10-12-18)19(26)23-17-7-2-1-3-8-17/h4-6,9-13,17H,1-3,7-8H2,(H,23,26)(H2,24,25,27,28).